The van der Waals surface area contributed by atoms with Gasteiger partial charge in [-0.05, 0) is 44.7 Å². The van der Waals surface area contributed by atoms with E-state index in [1.807, 2.05) is 17.9 Å². The molecule has 2 amide bonds. The lowest BCUT2D eigenvalue weighted by atomic mass is 9.90. The van der Waals surface area contributed by atoms with E-state index in [1.54, 1.807) is 53.1 Å². The number of methoxy groups -OCH3 is 1. The zero-order chi connectivity index (χ0) is 26.1. The molecule has 4 aromatic rings. The molecule has 11 nitrogen and oxygen atoms in total. The molecule has 3 aromatic heterocycles. The highest BCUT2D eigenvalue weighted by molar-refractivity contribution is 6.09. The Bertz CT molecular complexity index is 1440. The molecule has 1 atom stereocenters. The largest absolute Gasteiger partial charge is 0.496 e. The second-order valence-corrected chi connectivity index (χ2v) is 9.64. The maximum Gasteiger partial charge on any atom is 0.259 e. The van der Waals surface area contributed by atoms with Gasteiger partial charge in [0.25, 0.3) is 5.91 Å². The minimum absolute atomic E-state index is 0.0268. The fourth-order valence-corrected chi connectivity index (χ4v) is 5.02. The fourth-order valence-electron chi connectivity index (χ4n) is 5.02. The van der Waals surface area contributed by atoms with E-state index in [1.165, 1.54) is 7.11 Å². The van der Waals surface area contributed by atoms with Crippen LogP contribution in [0.5, 0.6) is 5.75 Å². The Balaban J connectivity index is 1.32. The summed E-state index contributed by atoms with van der Waals surface area (Å²) in [5.74, 6) is 0.0835. The van der Waals surface area contributed by atoms with Crippen LogP contribution in [-0.2, 0) is 4.79 Å². The Labute approximate surface area is 214 Å². The van der Waals surface area contributed by atoms with Crippen LogP contribution < -0.4 is 10.1 Å². The number of aliphatic hydroxyl groups excluding tert-OH is 1. The zero-order valence-electron chi connectivity index (χ0n) is 21.2. The Morgan fingerprint density at radius 3 is 2.78 bits per heavy atom. The monoisotopic (exact) mass is 505 g/mol. The minimum atomic E-state index is -0.636. The molecule has 2 N–H and O–H groups in total. The van der Waals surface area contributed by atoms with Crippen LogP contribution in [0.2, 0.25) is 0 Å². The lowest BCUT2D eigenvalue weighted by Gasteiger charge is -2.35. The summed E-state index contributed by atoms with van der Waals surface area (Å²) in [4.78, 5) is 31.6. The van der Waals surface area contributed by atoms with E-state index in [9.17, 15) is 14.7 Å². The van der Waals surface area contributed by atoms with Crippen molar-refractivity contribution < 1.29 is 19.4 Å². The second kappa shape index (κ2) is 10.2. The minimum Gasteiger partial charge on any atom is -0.496 e. The average Bonchev–Trinajstić information content (AvgIpc) is 3.51. The van der Waals surface area contributed by atoms with Crippen molar-refractivity contribution in [2.45, 2.75) is 57.2 Å². The normalized spacial score (nSPS) is 18.6. The summed E-state index contributed by atoms with van der Waals surface area (Å²) in [6, 6.07) is 5.71. The smallest absolute Gasteiger partial charge is 0.259 e. The number of nitrogens with one attached hydrogen (secondary N) is 1. The molecule has 0 spiro atoms. The number of aromatic nitrogens is 5. The highest BCUT2D eigenvalue weighted by atomic mass is 16.5. The fraction of sp³-hybridized carbons (Fsp3) is 0.423. The third-order valence-electron chi connectivity index (χ3n) is 7.07. The molecular formula is C26H31N7O4. The molecule has 0 unspecified atom stereocenters. The molecule has 194 valence electrons. The van der Waals surface area contributed by atoms with Crippen molar-refractivity contribution >= 4 is 34.1 Å². The quantitative estimate of drug-likeness (QED) is 0.395. The molecule has 1 aliphatic carbocycles. The van der Waals surface area contributed by atoms with Gasteiger partial charge in [0.15, 0.2) is 5.65 Å². The van der Waals surface area contributed by atoms with Gasteiger partial charge in [0, 0.05) is 43.1 Å². The molecule has 0 bridgehead atoms. The predicted octanol–water partition coefficient (Wildman–Crippen LogP) is 3.05. The van der Waals surface area contributed by atoms with Gasteiger partial charge < -0.3 is 20.1 Å². The number of hydrogen-bond donors (Lipinski definition) is 2. The summed E-state index contributed by atoms with van der Waals surface area (Å²) >= 11 is 0. The lowest BCUT2D eigenvalue weighted by Crippen LogP contribution is -2.40. The number of fused-ring (bicyclic) bond motifs is 2. The van der Waals surface area contributed by atoms with Gasteiger partial charge in [-0.3, -0.25) is 14.3 Å². The van der Waals surface area contributed by atoms with E-state index in [2.05, 4.69) is 15.4 Å². The molecule has 3 heterocycles. The van der Waals surface area contributed by atoms with Gasteiger partial charge in [0.2, 0.25) is 5.91 Å². The van der Waals surface area contributed by atoms with Crippen molar-refractivity contribution in [3.63, 3.8) is 0 Å². The zero-order valence-corrected chi connectivity index (χ0v) is 21.2. The van der Waals surface area contributed by atoms with Gasteiger partial charge in [0.05, 0.1) is 43.0 Å². The first kappa shape index (κ1) is 24.7. The molecule has 0 radical (unpaired) electrons. The maximum atomic E-state index is 13.2. The number of hydrogen-bond acceptors (Lipinski definition) is 7. The van der Waals surface area contributed by atoms with Gasteiger partial charge in [-0.2, -0.15) is 10.2 Å². The van der Waals surface area contributed by atoms with Crippen molar-refractivity contribution in [2.75, 3.05) is 19.5 Å². The second-order valence-electron chi connectivity index (χ2n) is 9.64. The first-order valence-corrected chi connectivity index (χ1v) is 12.4. The third-order valence-corrected chi connectivity index (χ3v) is 7.07. The number of aliphatic hydroxyl groups is 1. The first-order chi connectivity index (χ1) is 17.8. The van der Waals surface area contributed by atoms with E-state index < -0.39 is 6.10 Å². The van der Waals surface area contributed by atoms with E-state index in [0.29, 0.717) is 22.6 Å². The SMILES string of the molecule is COc1cc2nn([C@H]3CC[C@H](N(C)C(=O)C[C@@H](C)O)CC3)cc2cc1C(=O)Nc1cnn2cccnc12. The van der Waals surface area contributed by atoms with E-state index >= 15 is 0 Å². The highest BCUT2D eigenvalue weighted by Crippen LogP contribution is 2.33. The molecule has 0 aliphatic heterocycles. The molecule has 11 heteroatoms. The summed E-state index contributed by atoms with van der Waals surface area (Å²) in [6.45, 7) is 1.63. The number of carbonyl (C=O) groups excluding carboxylic acids is 2. The van der Waals surface area contributed by atoms with Gasteiger partial charge in [-0.15, -0.1) is 0 Å². The predicted molar refractivity (Wildman–Crippen MR) is 138 cm³/mol. The van der Waals surface area contributed by atoms with Crippen LogP contribution in [0.4, 0.5) is 5.69 Å². The summed E-state index contributed by atoms with van der Waals surface area (Å²) < 4.78 is 9.08. The Kier molecular flexibility index (Phi) is 6.79. The number of ether oxygens (including phenoxy) is 1. The Hall–Kier alpha value is -3.99. The van der Waals surface area contributed by atoms with Crippen LogP contribution in [0.25, 0.3) is 16.6 Å². The topological polar surface area (TPSA) is 127 Å². The van der Waals surface area contributed by atoms with Crippen molar-refractivity contribution in [1.29, 1.82) is 0 Å². The number of amides is 2. The highest BCUT2D eigenvalue weighted by Gasteiger charge is 2.28. The van der Waals surface area contributed by atoms with Crippen molar-refractivity contribution in [3.8, 4) is 5.75 Å². The number of benzene rings is 1. The first-order valence-electron chi connectivity index (χ1n) is 12.4. The summed E-state index contributed by atoms with van der Waals surface area (Å²) in [6.07, 6.45) is 9.96. The van der Waals surface area contributed by atoms with Crippen molar-refractivity contribution in [2.24, 2.45) is 0 Å². The van der Waals surface area contributed by atoms with Crippen LogP contribution >= 0.6 is 0 Å². The maximum absolute atomic E-state index is 13.2. The van der Waals surface area contributed by atoms with Gasteiger partial charge in [-0.1, -0.05) is 0 Å². The molecule has 0 saturated heterocycles. The molecular weight excluding hydrogens is 474 g/mol. The van der Waals surface area contributed by atoms with Crippen LogP contribution in [0.3, 0.4) is 0 Å². The molecule has 37 heavy (non-hydrogen) atoms. The van der Waals surface area contributed by atoms with E-state index in [-0.39, 0.29) is 30.3 Å². The average molecular weight is 506 g/mol. The van der Waals surface area contributed by atoms with Crippen LogP contribution in [0.1, 0.15) is 55.4 Å². The number of carbonyl (C=O) groups is 2. The molecule has 1 aromatic carbocycles. The molecule has 1 fully saturated rings. The number of anilines is 1. The Morgan fingerprint density at radius 2 is 2.05 bits per heavy atom. The lowest BCUT2D eigenvalue weighted by molar-refractivity contribution is -0.134. The molecule has 1 saturated carbocycles. The molecule has 5 rings (SSSR count). The van der Waals surface area contributed by atoms with Crippen molar-refractivity contribution in [1.82, 2.24) is 29.3 Å². The number of nitrogens with zero attached hydrogens (tertiary/aromatic N) is 6. The summed E-state index contributed by atoms with van der Waals surface area (Å²) in [7, 11) is 3.35. The van der Waals surface area contributed by atoms with E-state index in [0.717, 1.165) is 36.6 Å². The number of rotatable bonds is 7. The van der Waals surface area contributed by atoms with Crippen LogP contribution in [0.15, 0.2) is 43.0 Å². The van der Waals surface area contributed by atoms with Gasteiger partial charge in [0.1, 0.15) is 11.4 Å². The summed E-state index contributed by atoms with van der Waals surface area (Å²) in [5.41, 5.74) is 2.21. The summed E-state index contributed by atoms with van der Waals surface area (Å²) in [5, 5.41) is 22.2. The Morgan fingerprint density at radius 1 is 1.27 bits per heavy atom. The standard InChI is InChI=1S/C26H31N7O4/c1-16(34)11-24(35)31(2)18-5-7-19(8-6-18)33-15-17-12-20(23(37-3)13-21(17)30-33)26(36)29-22-14-28-32-10-4-9-27-25(22)32/h4,9-10,12-16,18-19,34H,5-8,11H2,1-3H3,(H,29,36)/t16-,18-,19-/m1/s1. The third kappa shape index (κ3) is 4.99. The van der Waals surface area contributed by atoms with Crippen LogP contribution in [-0.4, -0.2) is 72.5 Å². The van der Waals surface area contributed by atoms with Crippen LogP contribution in [0, 0.1) is 0 Å². The van der Waals surface area contributed by atoms with Crippen molar-refractivity contribution in [3.05, 3.63) is 48.5 Å². The van der Waals surface area contributed by atoms with E-state index in [4.69, 9.17) is 9.84 Å². The molecule has 1 aliphatic rings. The van der Waals surface area contributed by atoms with Gasteiger partial charge in [-0.25, -0.2) is 9.50 Å². The van der Waals surface area contributed by atoms with Gasteiger partial charge >= 0.3 is 0 Å².